The van der Waals surface area contributed by atoms with Crippen molar-refractivity contribution in [1.29, 1.82) is 0 Å². The van der Waals surface area contributed by atoms with Crippen molar-refractivity contribution in [2.24, 2.45) is 0 Å². The molecule has 0 unspecified atom stereocenters. The van der Waals surface area contributed by atoms with Crippen LogP contribution in [0.15, 0.2) is 48.5 Å². The number of benzene rings is 2. The van der Waals surface area contributed by atoms with Crippen LogP contribution in [0.5, 0.6) is 0 Å². The summed E-state index contributed by atoms with van der Waals surface area (Å²) >= 11 is 0. The predicted octanol–water partition coefficient (Wildman–Crippen LogP) is 3.64. The van der Waals surface area contributed by atoms with E-state index in [1.54, 1.807) is 12.1 Å². The van der Waals surface area contributed by atoms with Crippen molar-refractivity contribution in [3.8, 4) is 0 Å². The summed E-state index contributed by atoms with van der Waals surface area (Å²) in [6.07, 6.45) is 0.289. The Morgan fingerprint density at radius 3 is 2.10 bits per heavy atom. The quantitative estimate of drug-likeness (QED) is 0.806. The highest BCUT2D eigenvalue weighted by molar-refractivity contribution is 5.89. The number of nitrogens with zero attached hydrogens (tertiary/aromatic N) is 2. The lowest BCUT2D eigenvalue weighted by molar-refractivity contribution is -0.130. The van der Waals surface area contributed by atoms with Crippen LogP contribution in [0.25, 0.3) is 0 Å². The van der Waals surface area contributed by atoms with Gasteiger partial charge in [0.15, 0.2) is 0 Å². The van der Waals surface area contributed by atoms with E-state index < -0.39 is 0 Å². The number of anilines is 2. The van der Waals surface area contributed by atoms with Gasteiger partial charge in [0, 0.05) is 43.1 Å². The van der Waals surface area contributed by atoms with E-state index in [0.29, 0.717) is 13.1 Å². The molecule has 6 nitrogen and oxygen atoms in total. The molecule has 3 amide bonds. The third-order valence-corrected chi connectivity index (χ3v) is 4.88. The van der Waals surface area contributed by atoms with E-state index in [2.05, 4.69) is 15.5 Å². The lowest BCUT2D eigenvalue weighted by atomic mass is 10.1. The van der Waals surface area contributed by atoms with Crippen molar-refractivity contribution in [2.45, 2.75) is 32.7 Å². The van der Waals surface area contributed by atoms with Crippen molar-refractivity contribution in [3.05, 3.63) is 59.9 Å². The van der Waals surface area contributed by atoms with Gasteiger partial charge in [-0.25, -0.2) is 9.18 Å². The van der Waals surface area contributed by atoms with Gasteiger partial charge in [-0.15, -0.1) is 0 Å². The molecule has 0 aromatic heterocycles. The Morgan fingerprint density at radius 2 is 1.53 bits per heavy atom. The number of carbonyl (C=O) groups excluding carboxylic acids is 2. The van der Waals surface area contributed by atoms with Crippen LogP contribution < -0.4 is 15.5 Å². The first-order valence-corrected chi connectivity index (χ1v) is 10.2. The molecule has 0 saturated carbocycles. The second kappa shape index (κ2) is 9.15. The summed E-state index contributed by atoms with van der Waals surface area (Å²) in [5.41, 5.74) is 2.32. The lowest BCUT2D eigenvalue weighted by Crippen LogP contribution is -2.49. The van der Waals surface area contributed by atoms with Gasteiger partial charge in [0.05, 0.1) is 6.42 Å². The number of hydrogen-bond acceptors (Lipinski definition) is 3. The number of nitrogens with one attached hydrogen (secondary N) is 2. The van der Waals surface area contributed by atoms with E-state index in [0.717, 1.165) is 30.0 Å². The molecule has 160 valence electrons. The third kappa shape index (κ3) is 6.20. The lowest BCUT2D eigenvalue weighted by Gasteiger charge is -2.36. The minimum absolute atomic E-state index is 0.0608. The summed E-state index contributed by atoms with van der Waals surface area (Å²) in [6, 6.07) is 13.5. The van der Waals surface area contributed by atoms with Gasteiger partial charge in [0.1, 0.15) is 5.82 Å². The second-order valence-electron chi connectivity index (χ2n) is 8.55. The van der Waals surface area contributed by atoms with Crippen molar-refractivity contribution in [3.63, 3.8) is 0 Å². The van der Waals surface area contributed by atoms with E-state index in [1.807, 2.05) is 49.9 Å². The normalized spacial score (nSPS) is 14.4. The molecule has 0 bridgehead atoms. The number of amides is 3. The number of rotatable bonds is 4. The molecule has 1 saturated heterocycles. The Hall–Kier alpha value is -3.09. The average molecular weight is 413 g/mol. The zero-order valence-electron chi connectivity index (χ0n) is 17.7. The van der Waals surface area contributed by atoms with Crippen LogP contribution in [0.3, 0.4) is 0 Å². The molecule has 1 aliphatic rings. The molecular formula is C23H29FN4O2. The van der Waals surface area contributed by atoms with Crippen LogP contribution in [-0.4, -0.2) is 48.6 Å². The topological polar surface area (TPSA) is 64.7 Å². The Kier molecular flexibility index (Phi) is 6.59. The van der Waals surface area contributed by atoms with Crippen molar-refractivity contribution >= 4 is 23.3 Å². The SMILES string of the molecule is CC(C)(C)NC(=O)Nc1ccc(N2CCN(C(=O)Cc3ccc(F)cc3)CC2)cc1. The van der Waals surface area contributed by atoms with Gasteiger partial charge in [-0.05, 0) is 62.7 Å². The zero-order chi connectivity index (χ0) is 21.7. The summed E-state index contributed by atoms with van der Waals surface area (Å²) < 4.78 is 13.0. The highest BCUT2D eigenvalue weighted by Gasteiger charge is 2.21. The number of urea groups is 1. The van der Waals surface area contributed by atoms with E-state index in [-0.39, 0.29) is 29.7 Å². The van der Waals surface area contributed by atoms with Crippen LogP contribution in [-0.2, 0) is 11.2 Å². The van der Waals surface area contributed by atoms with Crippen LogP contribution in [0.1, 0.15) is 26.3 Å². The maximum absolute atomic E-state index is 13.0. The standard InChI is InChI=1S/C23H29FN4O2/c1-23(2,3)26-22(30)25-19-8-10-20(11-9-19)27-12-14-28(15-13-27)21(29)16-17-4-6-18(24)7-5-17/h4-11H,12-16H2,1-3H3,(H2,25,26,30). The largest absolute Gasteiger partial charge is 0.368 e. The molecule has 7 heteroatoms. The Morgan fingerprint density at radius 1 is 0.933 bits per heavy atom. The van der Waals surface area contributed by atoms with Gasteiger partial charge < -0.3 is 20.4 Å². The molecule has 0 spiro atoms. The fraction of sp³-hybridized carbons (Fsp3) is 0.391. The number of carbonyl (C=O) groups is 2. The number of hydrogen-bond donors (Lipinski definition) is 2. The molecule has 0 radical (unpaired) electrons. The molecule has 1 heterocycles. The van der Waals surface area contributed by atoms with Crippen molar-refractivity contribution < 1.29 is 14.0 Å². The minimum atomic E-state index is -0.295. The van der Waals surface area contributed by atoms with Gasteiger partial charge in [0.2, 0.25) is 5.91 Å². The summed E-state index contributed by atoms with van der Waals surface area (Å²) in [6.45, 7) is 8.57. The first-order chi connectivity index (χ1) is 14.2. The number of piperazine rings is 1. The molecule has 1 aliphatic heterocycles. The molecule has 2 aromatic carbocycles. The average Bonchev–Trinajstić information content (AvgIpc) is 2.69. The summed E-state index contributed by atoms with van der Waals surface area (Å²) in [5, 5.41) is 5.70. The third-order valence-electron chi connectivity index (χ3n) is 4.88. The molecule has 0 aliphatic carbocycles. The molecule has 3 rings (SSSR count). The predicted molar refractivity (Wildman–Crippen MR) is 117 cm³/mol. The number of halogens is 1. The second-order valence-corrected chi connectivity index (χ2v) is 8.55. The van der Waals surface area contributed by atoms with Gasteiger partial charge >= 0.3 is 6.03 Å². The molecule has 2 N–H and O–H groups in total. The molecule has 30 heavy (non-hydrogen) atoms. The maximum Gasteiger partial charge on any atom is 0.319 e. The molecular weight excluding hydrogens is 383 g/mol. The fourth-order valence-electron chi connectivity index (χ4n) is 3.36. The summed E-state index contributed by atoms with van der Waals surface area (Å²) in [7, 11) is 0. The van der Waals surface area contributed by atoms with Crippen LogP contribution in [0.4, 0.5) is 20.6 Å². The van der Waals surface area contributed by atoms with Crippen LogP contribution in [0.2, 0.25) is 0 Å². The van der Waals surface area contributed by atoms with Gasteiger partial charge in [-0.2, -0.15) is 0 Å². The van der Waals surface area contributed by atoms with E-state index >= 15 is 0 Å². The minimum Gasteiger partial charge on any atom is -0.368 e. The van der Waals surface area contributed by atoms with Gasteiger partial charge in [0.25, 0.3) is 0 Å². The van der Waals surface area contributed by atoms with Crippen molar-refractivity contribution in [1.82, 2.24) is 10.2 Å². The highest BCUT2D eigenvalue weighted by atomic mass is 19.1. The van der Waals surface area contributed by atoms with E-state index in [4.69, 9.17) is 0 Å². The van der Waals surface area contributed by atoms with E-state index in [9.17, 15) is 14.0 Å². The van der Waals surface area contributed by atoms with Crippen LogP contribution >= 0.6 is 0 Å². The molecule has 1 fully saturated rings. The van der Waals surface area contributed by atoms with Crippen molar-refractivity contribution in [2.75, 3.05) is 36.4 Å². The Bertz CT molecular complexity index is 868. The Labute approximate surface area is 177 Å². The highest BCUT2D eigenvalue weighted by Crippen LogP contribution is 2.20. The fourth-order valence-corrected chi connectivity index (χ4v) is 3.36. The maximum atomic E-state index is 13.0. The summed E-state index contributed by atoms with van der Waals surface area (Å²) in [5.74, 6) is -0.235. The first kappa shape index (κ1) is 21.6. The van der Waals surface area contributed by atoms with E-state index in [1.165, 1.54) is 12.1 Å². The van der Waals surface area contributed by atoms with Crippen LogP contribution in [0, 0.1) is 5.82 Å². The summed E-state index contributed by atoms with van der Waals surface area (Å²) in [4.78, 5) is 28.6. The smallest absolute Gasteiger partial charge is 0.319 e. The Balaban J connectivity index is 1.49. The monoisotopic (exact) mass is 412 g/mol. The zero-order valence-corrected chi connectivity index (χ0v) is 17.7. The van der Waals surface area contributed by atoms with Gasteiger partial charge in [-0.3, -0.25) is 4.79 Å². The first-order valence-electron chi connectivity index (χ1n) is 10.2. The molecule has 2 aromatic rings. The van der Waals surface area contributed by atoms with Gasteiger partial charge in [-0.1, -0.05) is 12.1 Å². The molecule has 0 atom stereocenters.